The normalized spacial score (nSPS) is 13.3. The van der Waals surface area contributed by atoms with E-state index in [0.717, 1.165) is 6.07 Å². The lowest BCUT2D eigenvalue weighted by Crippen LogP contribution is -2.13. The van der Waals surface area contributed by atoms with Gasteiger partial charge in [0.2, 0.25) is 0 Å². The maximum atomic E-state index is 13.1. The van der Waals surface area contributed by atoms with Gasteiger partial charge in [0.15, 0.2) is 0 Å². The third kappa shape index (κ3) is 3.72. The van der Waals surface area contributed by atoms with Crippen LogP contribution in [0, 0.1) is 0 Å². The number of rotatable bonds is 2. The highest BCUT2D eigenvalue weighted by Gasteiger charge is 2.35. The zero-order chi connectivity index (χ0) is 15.8. The van der Waals surface area contributed by atoms with E-state index in [-0.39, 0.29) is 25.6 Å². The highest BCUT2D eigenvalue weighted by atomic mass is 79.9. The second-order valence-corrected chi connectivity index (χ2v) is 6.06. The monoisotopic (exact) mass is 398 g/mol. The van der Waals surface area contributed by atoms with Crippen LogP contribution < -0.4 is 0 Å². The van der Waals surface area contributed by atoms with Gasteiger partial charge in [-0.25, -0.2) is 0 Å². The van der Waals surface area contributed by atoms with Gasteiger partial charge in [-0.2, -0.15) is 13.2 Å². The van der Waals surface area contributed by atoms with Crippen LogP contribution in [0.1, 0.15) is 22.8 Å². The summed E-state index contributed by atoms with van der Waals surface area (Å²) in [6, 6.07) is 7.80. The Balaban J connectivity index is 2.58. The summed E-state index contributed by atoms with van der Waals surface area (Å²) in [6.45, 7) is 0. The fourth-order valence-electron chi connectivity index (χ4n) is 1.90. The molecule has 0 aliphatic rings. The van der Waals surface area contributed by atoms with Crippen molar-refractivity contribution in [2.75, 3.05) is 0 Å². The van der Waals surface area contributed by atoms with E-state index in [0.29, 0.717) is 0 Å². The quantitative estimate of drug-likeness (QED) is 0.670. The third-order valence-corrected chi connectivity index (χ3v) is 3.94. The van der Waals surface area contributed by atoms with Crippen LogP contribution in [0.5, 0.6) is 0 Å². The summed E-state index contributed by atoms with van der Waals surface area (Å²) in [5.74, 6) is 0. The van der Waals surface area contributed by atoms with Crippen molar-refractivity contribution in [2.24, 2.45) is 0 Å². The van der Waals surface area contributed by atoms with Gasteiger partial charge in [-0.3, -0.25) is 0 Å². The molecule has 2 aromatic rings. The Hall–Kier alpha value is -0.750. The van der Waals surface area contributed by atoms with Crippen LogP contribution in [0.2, 0.25) is 10.0 Å². The van der Waals surface area contributed by atoms with E-state index in [9.17, 15) is 18.3 Å². The van der Waals surface area contributed by atoms with E-state index in [1.165, 1.54) is 30.3 Å². The maximum Gasteiger partial charge on any atom is 0.416 e. The summed E-state index contributed by atoms with van der Waals surface area (Å²) in [6.07, 6.45) is -6.12. The summed E-state index contributed by atoms with van der Waals surface area (Å²) < 4.78 is 39.5. The van der Waals surface area contributed by atoms with Gasteiger partial charge < -0.3 is 5.11 Å². The first-order chi connectivity index (χ1) is 9.70. The number of aliphatic hydroxyl groups excluding tert-OH is 1. The number of benzene rings is 2. The molecule has 1 atom stereocenters. The molecule has 0 amide bonds. The first-order valence-corrected chi connectivity index (χ1v) is 7.24. The van der Waals surface area contributed by atoms with E-state index >= 15 is 0 Å². The number of hydrogen-bond donors (Lipinski definition) is 1. The van der Waals surface area contributed by atoms with Crippen LogP contribution in [-0.2, 0) is 6.18 Å². The van der Waals surface area contributed by atoms with Gasteiger partial charge >= 0.3 is 6.18 Å². The summed E-state index contributed by atoms with van der Waals surface area (Å²) in [4.78, 5) is 0. The molecule has 0 saturated carbocycles. The molecule has 0 heterocycles. The minimum absolute atomic E-state index is 0.122. The minimum Gasteiger partial charge on any atom is -0.384 e. The lowest BCUT2D eigenvalue weighted by atomic mass is 9.96. The molecule has 21 heavy (non-hydrogen) atoms. The molecule has 2 rings (SSSR count). The summed E-state index contributed by atoms with van der Waals surface area (Å²) in [5, 5.41) is 10.7. The zero-order valence-electron chi connectivity index (χ0n) is 10.3. The van der Waals surface area contributed by atoms with Crippen molar-refractivity contribution in [1.29, 1.82) is 0 Å². The summed E-state index contributed by atoms with van der Waals surface area (Å²) in [5.41, 5.74) is -1.09. The Morgan fingerprint density at radius 1 is 1.00 bits per heavy atom. The van der Waals surface area contributed by atoms with Crippen molar-refractivity contribution in [3.8, 4) is 0 Å². The Bertz CT molecular complexity index is 674. The van der Waals surface area contributed by atoms with Gasteiger partial charge in [0.1, 0.15) is 6.10 Å². The summed E-state index contributed by atoms with van der Waals surface area (Å²) in [7, 11) is 0. The van der Waals surface area contributed by atoms with Gasteiger partial charge in [0, 0.05) is 20.1 Å². The van der Waals surface area contributed by atoms with Crippen LogP contribution in [0.4, 0.5) is 13.2 Å². The Morgan fingerprint density at radius 2 is 1.67 bits per heavy atom. The molecule has 7 heteroatoms. The van der Waals surface area contributed by atoms with Gasteiger partial charge in [-0.15, -0.1) is 0 Å². The van der Waals surface area contributed by atoms with Crippen molar-refractivity contribution in [3.63, 3.8) is 0 Å². The van der Waals surface area contributed by atoms with Gasteiger partial charge in [0.05, 0.1) is 5.56 Å². The van der Waals surface area contributed by atoms with E-state index in [4.69, 9.17) is 23.2 Å². The zero-order valence-corrected chi connectivity index (χ0v) is 13.4. The Labute approximate surface area is 137 Å². The molecule has 0 fully saturated rings. The molecule has 0 bridgehead atoms. The number of hydrogen-bond acceptors (Lipinski definition) is 1. The SMILES string of the molecule is OC(c1cc(Cl)ccc1Cl)c1ccc(Br)cc1C(F)(F)F. The van der Waals surface area contributed by atoms with E-state index < -0.39 is 17.8 Å². The highest BCUT2D eigenvalue weighted by molar-refractivity contribution is 9.10. The van der Waals surface area contributed by atoms with Gasteiger partial charge in [-0.1, -0.05) is 45.2 Å². The third-order valence-electron chi connectivity index (χ3n) is 2.87. The van der Waals surface area contributed by atoms with Gasteiger partial charge in [0.25, 0.3) is 0 Å². The Kier molecular flexibility index (Phi) is 4.88. The largest absolute Gasteiger partial charge is 0.416 e. The van der Waals surface area contributed by atoms with E-state index in [2.05, 4.69) is 15.9 Å². The molecule has 0 aliphatic carbocycles. The van der Waals surface area contributed by atoms with Crippen LogP contribution in [0.3, 0.4) is 0 Å². The smallest absolute Gasteiger partial charge is 0.384 e. The summed E-state index contributed by atoms with van der Waals surface area (Å²) >= 11 is 14.7. The predicted molar refractivity (Wildman–Crippen MR) is 79.7 cm³/mol. The average molecular weight is 400 g/mol. The molecular formula is C14H8BrCl2F3O. The van der Waals surface area contributed by atoms with Crippen LogP contribution >= 0.6 is 39.1 Å². The molecule has 0 spiro atoms. The van der Waals surface area contributed by atoms with Crippen LogP contribution in [0.15, 0.2) is 40.9 Å². The molecule has 1 N–H and O–H groups in total. The lowest BCUT2D eigenvalue weighted by Gasteiger charge is -2.19. The first-order valence-electron chi connectivity index (χ1n) is 5.70. The van der Waals surface area contributed by atoms with Crippen molar-refractivity contribution in [1.82, 2.24) is 0 Å². The number of halogens is 6. The van der Waals surface area contributed by atoms with Crippen LogP contribution in [0.25, 0.3) is 0 Å². The van der Waals surface area contributed by atoms with E-state index in [1.807, 2.05) is 0 Å². The number of aliphatic hydroxyl groups is 1. The standard InChI is InChI=1S/C14H8BrCl2F3O/c15-7-1-3-9(11(5-7)14(18,19)20)13(21)10-6-8(16)2-4-12(10)17/h1-6,13,21H. The second kappa shape index (κ2) is 6.16. The molecule has 2 aromatic carbocycles. The fourth-order valence-corrected chi connectivity index (χ4v) is 2.67. The first kappa shape index (κ1) is 16.6. The topological polar surface area (TPSA) is 20.2 Å². The molecule has 112 valence electrons. The van der Waals surface area contributed by atoms with Gasteiger partial charge in [-0.05, 0) is 35.9 Å². The minimum atomic E-state index is -4.59. The van der Waals surface area contributed by atoms with Crippen molar-refractivity contribution in [2.45, 2.75) is 12.3 Å². The fraction of sp³-hybridized carbons (Fsp3) is 0.143. The van der Waals surface area contributed by atoms with Crippen molar-refractivity contribution >= 4 is 39.1 Å². The number of alkyl halides is 3. The molecule has 0 aliphatic heterocycles. The average Bonchev–Trinajstić information content (AvgIpc) is 2.40. The maximum absolute atomic E-state index is 13.1. The Morgan fingerprint density at radius 3 is 2.29 bits per heavy atom. The van der Waals surface area contributed by atoms with Crippen LogP contribution in [-0.4, -0.2) is 5.11 Å². The molecule has 1 nitrogen and oxygen atoms in total. The molecule has 0 radical (unpaired) electrons. The molecular weight excluding hydrogens is 392 g/mol. The lowest BCUT2D eigenvalue weighted by molar-refractivity contribution is -0.139. The highest BCUT2D eigenvalue weighted by Crippen LogP contribution is 2.39. The molecule has 1 unspecified atom stereocenters. The van der Waals surface area contributed by atoms with E-state index in [1.54, 1.807) is 0 Å². The molecule has 0 aromatic heterocycles. The predicted octanol–water partition coefficient (Wildman–Crippen LogP) is 5.86. The van der Waals surface area contributed by atoms with Crippen molar-refractivity contribution in [3.05, 3.63) is 67.6 Å². The molecule has 0 saturated heterocycles. The van der Waals surface area contributed by atoms with Crippen molar-refractivity contribution < 1.29 is 18.3 Å². The second-order valence-electron chi connectivity index (χ2n) is 4.30.